The zero-order chi connectivity index (χ0) is 11.4. The Kier molecular flexibility index (Phi) is 2.95. The molecule has 0 saturated carbocycles. The van der Waals surface area contributed by atoms with Gasteiger partial charge in [-0.15, -0.1) is 0 Å². The average molecular weight is 217 g/mol. The van der Waals surface area contributed by atoms with Crippen LogP contribution in [-0.4, -0.2) is 15.9 Å². The van der Waals surface area contributed by atoms with E-state index >= 15 is 0 Å². The molecule has 1 N–H and O–H groups in total. The fraction of sp³-hybridized carbons (Fsp3) is 0.182. The van der Waals surface area contributed by atoms with Crippen molar-refractivity contribution in [1.82, 2.24) is 15.3 Å². The molecule has 0 aliphatic carbocycles. The molecule has 0 aliphatic heterocycles. The minimum Gasteiger partial charge on any atom is -0.451 e. The number of pyridine rings is 1. The lowest BCUT2D eigenvalue weighted by atomic mass is 10.2. The Morgan fingerprint density at radius 3 is 3.06 bits per heavy atom. The highest BCUT2D eigenvalue weighted by molar-refractivity contribution is 5.91. The van der Waals surface area contributed by atoms with Crippen molar-refractivity contribution in [2.45, 2.75) is 13.5 Å². The highest BCUT2D eigenvalue weighted by Gasteiger charge is 2.08. The third-order valence-electron chi connectivity index (χ3n) is 2.20. The van der Waals surface area contributed by atoms with Crippen LogP contribution < -0.4 is 5.32 Å². The number of hydrogen-bond donors (Lipinski definition) is 1. The molecule has 5 heteroatoms. The summed E-state index contributed by atoms with van der Waals surface area (Å²) in [5.41, 5.74) is 2.16. The van der Waals surface area contributed by atoms with Gasteiger partial charge in [0.05, 0.1) is 12.2 Å². The fourth-order valence-corrected chi connectivity index (χ4v) is 1.28. The lowest BCUT2D eigenvalue weighted by molar-refractivity contribution is 0.0945. The number of aryl methyl sites for hydroxylation is 1. The fourth-order valence-electron chi connectivity index (χ4n) is 1.28. The van der Waals surface area contributed by atoms with Crippen LogP contribution in [0.2, 0.25) is 0 Å². The molecule has 0 saturated heterocycles. The van der Waals surface area contributed by atoms with Crippen LogP contribution in [0.25, 0.3) is 0 Å². The SMILES string of the molecule is Cc1cccnc1CNC(=O)c1cocn1. The topological polar surface area (TPSA) is 68.0 Å². The highest BCUT2D eigenvalue weighted by Crippen LogP contribution is 2.03. The van der Waals surface area contributed by atoms with Gasteiger partial charge in [-0.3, -0.25) is 9.78 Å². The molecular weight excluding hydrogens is 206 g/mol. The summed E-state index contributed by atoms with van der Waals surface area (Å²) in [4.78, 5) is 19.5. The lowest BCUT2D eigenvalue weighted by Crippen LogP contribution is -2.24. The molecule has 1 amide bonds. The van der Waals surface area contributed by atoms with Crippen molar-refractivity contribution in [3.63, 3.8) is 0 Å². The van der Waals surface area contributed by atoms with Crippen LogP contribution in [0.15, 0.2) is 35.4 Å². The molecular formula is C11H11N3O2. The molecule has 0 aliphatic rings. The molecule has 0 fully saturated rings. The van der Waals surface area contributed by atoms with Crippen molar-refractivity contribution >= 4 is 5.91 Å². The van der Waals surface area contributed by atoms with Gasteiger partial charge in [-0.25, -0.2) is 4.98 Å². The zero-order valence-electron chi connectivity index (χ0n) is 8.80. The summed E-state index contributed by atoms with van der Waals surface area (Å²) < 4.78 is 4.72. The number of carbonyl (C=O) groups excluding carboxylic acids is 1. The minimum atomic E-state index is -0.265. The van der Waals surface area contributed by atoms with Crippen LogP contribution in [0, 0.1) is 6.92 Å². The first kappa shape index (κ1) is 10.4. The molecule has 82 valence electrons. The largest absolute Gasteiger partial charge is 0.451 e. The Balaban J connectivity index is 1.98. The summed E-state index contributed by atoms with van der Waals surface area (Å²) in [6, 6.07) is 3.81. The third kappa shape index (κ3) is 2.25. The molecule has 16 heavy (non-hydrogen) atoms. The number of nitrogens with zero attached hydrogens (tertiary/aromatic N) is 2. The molecule has 2 aromatic heterocycles. The summed E-state index contributed by atoms with van der Waals surface area (Å²) in [6.07, 6.45) is 4.23. The quantitative estimate of drug-likeness (QED) is 0.841. The molecule has 0 bridgehead atoms. The molecule has 5 nitrogen and oxygen atoms in total. The van der Waals surface area contributed by atoms with Crippen LogP contribution in [0.1, 0.15) is 21.7 Å². The first-order valence-electron chi connectivity index (χ1n) is 4.84. The van der Waals surface area contributed by atoms with Gasteiger partial charge >= 0.3 is 0 Å². The van der Waals surface area contributed by atoms with Crippen molar-refractivity contribution in [3.05, 3.63) is 47.9 Å². The van der Waals surface area contributed by atoms with Gasteiger partial charge in [0.15, 0.2) is 12.1 Å². The highest BCUT2D eigenvalue weighted by atomic mass is 16.3. The Bertz CT molecular complexity index is 480. The number of hydrogen-bond acceptors (Lipinski definition) is 4. The van der Waals surface area contributed by atoms with Gasteiger partial charge < -0.3 is 9.73 Å². The number of amides is 1. The van der Waals surface area contributed by atoms with Crippen molar-refractivity contribution in [2.24, 2.45) is 0 Å². The van der Waals surface area contributed by atoms with Crippen LogP contribution in [0.3, 0.4) is 0 Å². The van der Waals surface area contributed by atoms with Crippen molar-refractivity contribution in [3.8, 4) is 0 Å². The van der Waals surface area contributed by atoms with Crippen LogP contribution in [0.5, 0.6) is 0 Å². The number of oxazole rings is 1. The molecule has 0 unspecified atom stereocenters. The van der Waals surface area contributed by atoms with Crippen LogP contribution >= 0.6 is 0 Å². The smallest absolute Gasteiger partial charge is 0.273 e. The van der Waals surface area contributed by atoms with Crippen LogP contribution in [-0.2, 0) is 6.54 Å². The van der Waals surface area contributed by atoms with E-state index in [0.717, 1.165) is 11.3 Å². The Labute approximate surface area is 92.5 Å². The van der Waals surface area contributed by atoms with Gasteiger partial charge in [0, 0.05) is 6.20 Å². The van der Waals surface area contributed by atoms with Gasteiger partial charge in [0.2, 0.25) is 0 Å². The summed E-state index contributed by atoms with van der Waals surface area (Å²) in [5.74, 6) is -0.265. The third-order valence-corrected chi connectivity index (χ3v) is 2.20. The maximum Gasteiger partial charge on any atom is 0.273 e. The second kappa shape index (κ2) is 4.57. The predicted molar refractivity (Wildman–Crippen MR) is 56.6 cm³/mol. The zero-order valence-corrected chi connectivity index (χ0v) is 8.80. The van der Waals surface area contributed by atoms with Gasteiger partial charge in [-0.2, -0.15) is 0 Å². The Morgan fingerprint density at radius 2 is 2.38 bits per heavy atom. The van der Waals surface area contributed by atoms with E-state index in [1.54, 1.807) is 6.20 Å². The molecule has 0 spiro atoms. The number of rotatable bonds is 3. The molecule has 2 rings (SSSR count). The van der Waals surface area contributed by atoms with E-state index in [-0.39, 0.29) is 11.6 Å². The first-order valence-corrected chi connectivity index (χ1v) is 4.84. The minimum absolute atomic E-state index is 0.265. The molecule has 0 radical (unpaired) electrons. The predicted octanol–water partition coefficient (Wildman–Crippen LogP) is 1.31. The van der Waals surface area contributed by atoms with Gasteiger partial charge in [-0.1, -0.05) is 6.07 Å². The monoisotopic (exact) mass is 217 g/mol. The van der Waals surface area contributed by atoms with E-state index in [0.29, 0.717) is 6.54 Å². The van der Waals surface area contributed by atoms with Gasteiger partial charge in [-0.05, 0) is 18.6 Å². The number of carbonyl (C=O) groups is 1. The summed E-state index contributed by atoms with van der Waals surface area (Å²) >= 11 is 0. The van der Waals surface area contributed by atoms with Gasteiger partial charge in [0.1, 0.15) is 6.26 Å². The molecule has 0 atom stereocenters. The van der Waals surface area contributed by atoms with E-state index < -0.39 is 0 Å². The number of aromatic nitrogens is 2. The van der Waals surface area contributed by atoms with E-state index in [9.17, 15) is 4.79 Å². The standard InChI is InChI=1S/C11H11N3O2/c1-8-3-2-4-12-9(8)5-13-11(15)10-6-16-7-14-10/h2-4,6-7H,5H2,1H3,(H,13,15). The van der Waals surface area contributed by atoms with Crippen molar-refractivity contribution in [1.29, 1.82) is 0 Å². The average Bonchev–Trinajstić information content (AvgIpc) is 2.81. The Morgan fingerprint density at radius 1 is 1.50 bits per heavy atom. The van der Waals surface area contributed by atoms with E-state index in [1.807, 2.05) is 19.1 Å². The van der Waals surface area contributed by atoms with Gasteiger partial charge in [0.25, 0.3) is 5.91 Å². The van der Waals surface area contributed by atoms with Crippen molar-refractivity contribution in [2.75, 3.05) is 0 Å². The van der Waals surface area contributed by atoms with E-state index in [1.165, 1.54) is 12.7 Å². The summed E-state index contributed by atoms with van der Waals surface area (Å²) in [6.45, 7) is 2.34. The van der Waals surface area contributed by atoms with E-state index in [4.69, 9.17) is 4.42 Å². The van der Waals surface area contributed by atoms with Crippen LogP contribution in [0.4, 0.5) is 0 Å². The van der Waals surface area contributed by atoms with Crippen molar-refractivity contribution < 1.29 is 9.21 Å². The molecule has 0 aromatic carbocycles. The Hall–Kier alpha value is -2.17. The maximum absolute atomic E-state index is 11.5. The molecule has 2 aromatic rings. The first-order chi connectivity index (χ1) is 7.77. The molecule has 2 heterocycles. The van der Waals surface area contributed by atoms with E-state index in [2.05, 4.69) is 15.3 Å². The maximum atomic E-state index is 11.5. The summed E-state index contributed by atoms with van der Waals surface area (Å²) in [7, 11) is 0. The lowest BCUT2D eigenvalue weighted by Gasteiger charge is -2.04. The second-order valence-electron chi connectivity index (χ2n) is 3.32. The number of nitrogens with one attached hydrogen (secondary N) is 1. The second-order valence-corrected chi connectivity index (χ2v) is 3.32. The normalized spacial score (nSPS) is 10.1. The summed E-state index contributed by atoms with van der Waals surface area (Å²) in [5, 5.41) is 2.72.